The Morgan fingerprint density at radius 3 is 2.45 bits per heavy atom. The van der Waals surface area contributed by atoms with Gasteiger partial charge in [-0.15, -0.1) is 0 Å². The molecule has 9 nitrogen and oxygen atoms in total. The van der Waals surface area contributed by atoms with Crippen molar-refractivity contribution in [3.05, 3.63) is 60.2 Å². The fraction of sp³-hybridized carbons (Fsp3) is 0.318. The molecule has 1 aliphatic heterocycles. The van der Waals surface area contributed by atoms with E-state index in [0.717, 1.165) is 17.7 Å². The molecule has 0 unspecified atom stereocenters. The molecular weight excluding hydrogens is 451 g/mol. The standard InChI is InChI=1S/C22H23FN4O5S/c1-31-18-6-2-15(3-7-18)21-25-20(32-26-21)14-24-22(28)16-10-12-27(13-11-16)33(29,30)19-8-4-17(23)5-9-19/h2-9,16H,10-14H2,1H3,(H,24,28). The third kappa shape index (κ3) is 5.20. The van der Waals surface area contributed by atoms with Gasteiger partial charge in [-0.1, -0.05) is 5.16 Å². The second-order valence-electron chi connectivity index (χ2n) is 7.59. The van der Waals surface area contributed by atoms with Crippen LogP contribution in [0.2, 0.25) is 0 Å². The van der Waals surface area contributed by atoms with E-state index in [9.17, 15) is 17.6 Å². The topological polar surface area (TPSA) is 115 Å². The SMILES string of the molecule is COc1ccc(-c2noc(CNC(=O)C3CCN(S(=O)(=O)c4ccc(F)cc4)CC3)n2)cc1. The summed E-state index contributed by atoms with van der Waals surface area (Å²) in [5, 5.41) is 6.71. The highest BCUT2D eigenvalue weighted by molar-refractivity contribution is 7.89. The number of nitrogens with zero attached hydrogens (tertiary/aromatic N) is 3. The third-order valence-corrected chi connectivity index (χ3v) is 7.42. The molecule has 1 amide bonds. The normalized spacial score (nSPS) is 15.3. The van der Waals surface area contributed by atoms with Crippen LogP contribution in [0.3, 0.4) is 0 Å². The molecule has 1 aromatic heterocycles. The number of nitrogens with one attached hydrogen (secondary N) is 1. The number of aromatic nitrogens is 2. The van der Waals surface area contributed by atoms with E-state index in [1.54, 1.807) is 31.4 Å². The molecule has 1 fully saturated rings. The van der Waals surface area contributed by atoms with Crippen LogP contribution in [0.4, 0.5) is 4.39 Å². The highest BCUT2D eigenvalue weighted by atomic mass is 32.2. The number of ether oxygens (including phenoxy) is 1. The lowest BCUT2D eigenvalue weighted by Crippen LogP contribution is -2.42. The Kier molecular flexibility index (Phi) is 6.70. The maximum atomic E-state index is 13.1. The molecular formula is C22H23FN4O5S. The molecule has 0 bridgehead atoms. The number of methoxy groups -OCH3 is 1. The van der Waals surface area contributed by atoms with Crippen LogP contribution < -0.4 is 10.1 Å². The summed E-state index contributed by atoms with van der Waals surface area (Å²) in [6.07, 6.45) is 0.764. The van der Waals surface area contributed by atoms with Crippen LogP contribution in [-0.4, -0.2) is 49.0 Å². The molecule has 11 heteroatoms. The van der Waals surface area contributed by atoms with Gasteiger partial charge in [0.15, 0.2) is 0 Å². The first-order valence-corrected chi connectivity index (χ1v) is 11.8. The Balaban J connectivity index is 1.29. The molecule has 4 rings (SSSR count). The van der Waals surface area contributed by atoms with Gasteiger partial charge < -0.3 is 14.6 Å². The van der Waals surface area contributed by atoms with Crippen LogP contribution in [0.5, 0.6) is 5.75 Å². The van der Waals surface area contributed by atoms with Crippen molar-refractivity contribution in [2.45, 2.75) is 24.3 Å². The van der Waals surface area contributed by atoms with Gasteiger partial charge in [0, 0.05) is 24.6 Å². The summed E-state index contributed by atoms with van der Waals surface area (Å²) in [7, 11) is -2.14. The average molecular weight is 475 g/mol. The van der Waals surface area contributed by atoms with Crippen molar-refractivity contribution in [3.63, 3.8) is 0 Å². The number of halogens is 1. The highest BCUT2D eigenvalue weighted by Crippen LogP contribution is 2.24. The van der Waals surface area contributed by atoms with Crippen molar-refractivity contribution >= 4 is 15.9 Å². The van der Waals surface area contributed by atoms with Crippen LogP contribution in [0.1, 0.15) is 18.7 Å². The van der Waals surface area contributed by atoms with Crippen molar-refractivity contribution in [2.75, 3.05) is 20.2 Å². The number of hydrogen-bond donors (Lipinski definition) is 1. The van der Waals surface area contributed by atoms with E-state index in [2.05, 4.69) is 15.5 Å². The van der Waals surface area contributed by atoms with E-state index in [4.69, 9.17) is 9.26 Å². The minimum atomic E-state index is -3.72. The van der Waals surface area contributed by atoms with Gasteiger partial charge in [-0.05, 0) is 61.4 Å². The summed E-state index contributed by atoms with van der Waals surface area (Å²) in [5.74, 6) is 0.367. The smallest absolute Gasteiger partial charge is 0.246 e. The zero-order valence-corrected chi connectivity index (χ0v) is 18.7. The molecule has 2 aromatic carbocycles. The number of benzene rings is 2. The average Bonchev–Trinajstić information content (AvgIpc) is 3.32. The van der Waals surface area contributed by atoms with Crippen molar-refractivity contribution in [3.8, 4) is 17.1 Å². The van der Waals surface area contributed by atoms with Crippen molar-refractivity contribution < 1.29 is 26.9 Å². The maximum Gasteiger partial charge on any atom is 0.246 e. The van der Waals surface area contributed by atoms with E-state index < -0.39 is 15.8 Å². The van der Waals surface area contributed by atoms with Crippen LogP contribution in [-0.2, 0) is 21.4 Å². The maximum absolute atomic E-state index is 13.1. The first-order chi connectivity index (χ1) is 15.9. The number of hydrogen-bond acceptors (Lipinski definition) is 7. The number of rotatable bonds is 7. The van der Waals surface area contributed by atoms with Gasteiger partial charge in [0.25, 0.3) is 0 Å². The molecule has 0 spiro atoms. The Hall–Kier alpha value is -3.31. The lowest BCUT2D eigenvalue weighted by atomic mass is 9.97. The second-order valence-corrected chi connectivity index (χ2v) is 9.53. The lowest BCUT2D eigenvalue weighted by Gasteiger charge is -2.30. The molecule has 2 heterocycles. The molecule has 0 aliphatic carbocycles. The van der Waals surface area contributed by atoms with E-state index in [1.165, 1.54) is 16.4 Å². The van der Waals surface area contributed by atoms with Gasteiger partial charge in [0.2, 0.25) is 27.6 Å². The van der Waals surface area contributed by atoms with E-state index in [1.807, 2.05) is 0 Å². The predicted octanol–water partition coefficient (Wildman–Crippen LogP) is 2.60. The zero-order chi connectivity index (χ0) is 23.4. The molecule has 0 saturated carbocycles. The minimum Gasteiger partial charge on any atom is -0.497 e. The molecule has 174 valence electrons. The number of carbonyl (C=O) groups is 1. The van der Waals surface area contributed by atoms with E-state index >= 15 is 0 Å². The number of piperidine rings is 1. The Morgan fingerprint density at radius 2 is 1.82 bits per heavy atom. The number of sulfonamides is 1. The molecule has 1 saturated heterocycles. The monoisotopic (exact) mass is 474 g/mol. The largest absolute Gasteiger partial charge is 0.497 e. The first-order valence-electron chi connectivity index (χ1n) is 10.4. The Morgan fingerprint density at radius 1 is 1.15 bits per heavy atom. The number of carbonyl (C=O) groups excluding carboxylic acids is 1. The van der Waals surface area contributed by atoms with Gasteiger partial charge in [-0.25, -0.2) is 12.8 Å². The second kappa shape index (κ2) is 9.67. The van der Waals surface area contributed by atoms with Crippen molar-refractivity contribution in [1.29, 1.82) is 0 Å². The zero-order valence-electron chi connectivity index (χ0n) is 17.9. The van der Waals surface area contributed by atoms with Gasteiger partial charge in [0.05, 0.1) is 18.6 Å². The first kappa shape index (κ1) is 22.9. The summed E-state index contributed by atoms with van der Waals surface area (Å²) in [5.41, 5.74) is 0.756. The van der Waals surface area contributed by atoms with E-state index in [-0.39, 0.29) is 42.2 Å². The van der Waals surface area contributed by atoms with Gasteiger partial charge in [-0.2, -0.15) is 9.29 Å². The summed E-state index contributed by atoms with van der Waals surface area (Å²) >= 11 is 0. The molecule has 33 heavy (non-hydrogen) atoms. The van der Waals surface area contributed by atoms with Gasteiger partial charge >= 0.3 is 0 Å². The van der Waals surface area contributed by atoms with Crippen molar-refractivity contribution in [2.24, 2.45) is 5.92 Å². The summed E-state index contributed by atoms with van der Waals surface area (Å²) in [6.45, 7) is 0.496. The van der Waals surface area contributed by atoms with Crippen LogP contribution in [0.25, 0.3) is 11.4 Å². The van der Waals surface area contributed by atoms with E-state index in [0.29, 0.717) is 24.4 Å². The molecule has 3 aromatic rings. The van der Waals surface area contributed by atoms with Crippen LogP contribution in [0.15, 0.2) is 57.9 Å². The fourth-order valence-corrected chi connectivity index (χ4v) is 5.07. The third-order valence-electron chi connectivity index (χ3n) is 5.51. The predicted molar refractivity (Wildman–Crippen MR) is 116 cm³/mol. The Labute approximate surface area is 190 Å². The summed E-state index contributed by atoms with van der Waals surface area (Å²) < 4.78 is 50.2. The van der Waals surface area contributed by atoms with Gasteiger partial charge in [-0.3, -0.25) is 4.79 Å². The molecule has 1 aliphatic rings. The molecule has 0 atom stereocenters. The molecule has 0 radical (unpaired) electrons. The molecule has 1 N–H and O–H groups in total. The summed E-state index contributed by atoms with van der Waals surface area (Å²) in [6, 6.07) is 11.9. The van der Waals surface area contributed by atoms with Crippen molar-refractivity contribution in [1.82, 2.24) is 19.8 Å². The minimum absolute atomic E-state index is 0.0378. The van der Waals surface area contributed by atoms with Crippen LogP contribution >= 0.6 is 0 Å². The van der Waals surface area contributed by atoms with Gasteiger partial charge in [0.1, 0.15) is 11.6 Å². The summed E-state index contributed by atoms with van der Waals surface area (Å²) in [4.78, 5) is 16.9. The van der Waals surface area contributed by atoms with Crippen LogP contribution in [0, 0.1) is 11.7 Å². The fourth-order valence-electron chi connectivity index (χ4n) is 3.61. The highest BCUT2D eigenvalue weighted by Gasteiger charge is 2.32. The lowest BCUT2D eigenvalue weighted by molar-refractivity contribution is -0.126. The quantitative estimate of drug-likeness (QED) is 0.560. The Bertz CT molecular complexity index is 1200. The number of amides is 1.